The highest BCUT2D eigenvalue weighted by Crippen LogP contribution is 2.43. The highest BCUT2D eigenvalue weighted by atomic mass is 16.7. The molecule has 3 atom stereocenters. The van der Waals surface area contributed by atoms with Crippen molar-refractivity contribution in [2.24, 2.45) is 5.92 Å². The van der Waals surface area contributed by atoms with Gasteiger partial charge >= 0.3 is 0 Å². The highest BCUT2D eigenvalue weighted by molar-refractivity contribution is 5.95. The fourth-order valence-electron chi connectivity index (χ4n) is 3.02. The van der Waals surface area contributed by atoms with Gasteiger partial charge in [-0.05, 0) is 12.5 Å². The average molecular weight is 320 g/mol. The lowest BCUT2D eigenvalue weighted by Gasteiger charge is -2.42. The van der Waals surface area contributed by atoms with E-state index in [-0.39, 0.29) is 35.7 Å². The van der Waals surface area contributed by atoms with E-state index >= 15 is 0 Å². The summed E-state index contributed by atoms with van der Waals surface area (Å²) in [7, 11) is 4.49. The number of methoxy groups -OCH3 is 3. The van der Waals surface area contributed by atoms with Crippen molar-refractivity contribution in [1.82, 2.24) is 0 Å². The molecule has 2 rings (SSSR count). The van der Waals surface area contributed by atoms with E-state index in [0.717, 1.165) is 5.56 Å². The lowest BCUT2D eigenvalue weighted by molar-refractivity contribution is -0.269. The van der Waals surface area contributed by atoms with Gasteiger partial charge in [-0.2, -0.15) is 0 Å². The smallest absolute Gasteiger partial charge is 0.235 e. The second-order valence-corrected chi connectivity index (χ2v) is 5.64. The number of carbonyl (C=O) groups excluding carboxylic acids is 1. The highest BCUT2D eigenvalue weighted by Gasteiger charge is 2.52. The maximum Gasteiger partial charge on any atom is 0.235 e. The summed E-state index contributed by atoms with van der Waals surface area (Å²) in [6.07, 6.45) is 0.0285. The van der Waals surface area contributed by atoms with Crippen molar-refractivity contribution in [3.63, 3.8) is 0 Å². The van der Waals surface area contributed by atoms with Crippen molar-refractivity contribution < 1.29 is 23.7 Å². The number of allylic oxidation sites excluding steroid dienone is 1. The third-order valence-electron chi connectivity index (χ3n) is 4.25. The minimum Gasteiger partial charge on any atom is -0.492 e. The predicted octanol–water partition coefficient (Wildman–Crippen LogP) is 3.22. The largest absolute Gasteiger partial charge is 0.492 e. The van der Waals surface area contributed by atoms with E-state index in [2.05, 4.69) is 0 Å². The van der Waals surface area contributed by atoms with Gasteiger partial charge in [0.05, 0.1) is 20.3 Å². The van der Waals surface area contributed by atoms with Crippen LogP contribution >= 0.6 is 0 Å². The third-order valence-corrected chi connectivity index (χ3v) is 4.25. The maximum absolute atomic E-state index is 12.2. The summed E-state index contributed by atoms with van der Waals surface area (Å²) in [5.74, 6) is -1.04. The van der Waals surface area contributed by atoms with Crippen LogP contribution in [0.4, 0.5) is 0 Å². The van der Waals surface area contributed by atoms with Crippen molar-refractivity contribution in [3.05, 3.63) is 47.4 Å². The van der Waals surface area contributed by atoms with Crippen molar-refractivity contribution in [2.45, 2.75) is 32.2 Å². The molecule has 0 saturated carbocycles. The molecule has 0 heterocycles. The molecule has 5 nitrogen and oxygen atoms in total. The van der Waals surface area contributed by atoms with Crippen molar-refractivity contribution in [2.75, 3.05) is 21.3 Å². The summed E-state index contributed by atoms with van der Waals surface area (Å²) in [5, 5.41) is 0. The van der Waals surface area contributed by atoms with Gasteiger partial charge in [0.1, 0.15) is 0 Å². The molecule has 1 aliphatic carbocycles. The molecule has 5 heteroatoms. The van der Waals surface area contributed by atoms with E-state index in [1.54, 1.807) is 7.11 Å². The van der Waals surface area contributed by atoms with Crippen LogP contribution in [0.1, 0.15) is 31.9 Å². The molecule has 0 aromatic heterocycles. The van der Waals surface area contributed by atoms with E-state index in [1.165, 1.54) is 14.2 Å². The molecule has 1 aromatic rings. The Labute approximate surface area is 137 Å². The lowest BCUT2D eigenvalue weighted by Crippen LogP contribution is -2.49. The van der Waals surface area contributed by atoms with Crippen LogP contribution in [0.25, 0.3) is 0 Å². The average Bonchev–Trinajstić information content (AvgIpc) is 2.57. The van der Waals surface area contributed by atoms with E-state index in [0.29, 0.717) is 0 Å². The van der Waals surface area contributed by atoms with Crippen LogP contribution in [0.5, 0.6) is 0 Å². The zero-order chi connectivity index (χ0) is 17.0. The molecular formula is C18H24O5. The van der Waals surface area contributed by atoms with Crippen molar-refractivity contribution in [3.8, 4) is 0 Å². The summed E-state index contributed by atoms with van der Waals surface area (Å²) in [4.78, 5) is 12.2. The second-order valence-electron chi connectivity index (χ2n) is 5.64. The number of benzene rings is 1. The molecule has 0 saturated heterocycles. The van der Waals surface area contributed by atoms with Gasteiger partial charge in [-0.25, -0.2) is 0 Å². The minimum absolute atomic E-state index is 0.111. The molecule has 0 amide bonds. The Hall–Kier alpha value is -1.85. The monoisotopic (exact) mass is 320 g/mol. The number of hydrogen-bond donors (Lipinski definition) is 0. The van der Waals surface area contributed by atoms with Crippen LogP contribution in [0.3, 0.4) is 0 Å². The maximum atomic E-state index is 12.2. The van der Waals surface area contributed by atoms with E-state index < -0.39 is 5.79 Å². The quantitative estimate of drug-likeness (QED) is 0.753. The predicted molar refractivity (Wildman–Crippen MR) is 85.5 cm³/mol. The van der Waals surface area contributed by atoms with E-state index in [4.69, 9.17) is 18.9 Å². The molecule has 23 heavy (non-hydrogen) atoms. The zero-order valence-corrected chi connectivity index (χ0v) is 14.3. The molecule has 0 bridgehead atoms. The summed E-state index contributed by atoms with van der Waals surface area (Å²) in [6, 6.07) is 9.83. The van der Waals surface area contributed by atoms with Gasteiger partial charge in [0.15, 0.2) is 0 Å². The molecule has 1 aromatic carbocycles. The standard InChI is InChI=1S/C18H24O5/c1-12-11-15(19)16(20-3)17(21-4)18(12,22-5)23-13(2)14-9-7-6-8-10-14/h6-10,12-13H,11H2,1-5H3/t12?,13-,18?/m1/s1. The molecule has 0 radical (unpaired) electrons. The number of carbonyl (C=O) groups is 1. The van der Waals surface area contributed by atoms with Gasteiger partial charge < -0.3 is 18.9 Å². The summed E-state index contributed by atoms with van der Waals surface area (Å²) in [6.45, 7) is 3.85. The molecule has 0 N–H and O–H groups in total. The summed E-state index contributed by atoms with van der Waals surface area (Å²) in [5.41, 5.74) is 1.02. The van der Waals surface area contributed by atoms with Crippen LogP contribution < -0.4 is 0 Å². The first kappa shape index (κ1) is 17.5. The Kier molecular flexibility index (Phi) is 5.44. The number of ether oxygens (including phenoxy) is 4. The topological polar surface area (TPSA) is 54.0 Å². The second kappa shape index (κ2) is 7.15. The Bertz CT molecular complexity index is 580. The SMILES string of the molecule is COC1=C(OC)C(OC)(O[C@H](C)c2ccccc2)C(C)CC1=O. The van der Waals surface area contributed by atoms with Gasteiger partial charge in [0, 0.05) is 19.4 Å². The molecule has 126 valence electrons. The summed E-state index contributed by atoms with van der Waals surface area (Å²) < 4.78 is 22.7. The number of hydrogen-bond acceptors (Lipinski definition) is 5. The van der Waals surface area contributed by atoms with Crippen LogP contribution in [0, 0.1) is 5.92 Å². The first-order valence-electron chi connectivity index (χ1n) is 7.64. The molecule has 0 fully saturated rings. The Morgan fingerprint density at radius 3 is 2.30 bits per heavy atom. The summed E-state index contributed by atoms with van der Waals surface area (Å²) >= 11 is 0. The van der Waals surface area contributed by atoms with Crippen molar-refractivity contribution >= 4 is 5.78 Å². The van der Waals surface area contributed by atoms with E-state index in [1.807, 2.05) is 44.2 Å². The first-order valence-corrected chi connectivity index (χ1v) is 7.64. The number of ketones is 1. The van der Waals surface area contributed by atoms with Crippen LogP contribution in [0.2, 0.25) is 0 Å². The fourth-order valence-corrected chi connectivity index (χ4v) is 3.02. The Morgan fingerprint density at radius 1 is 1.13 bits per heavy atom. The van der Waals surface area contributed by atoms with Crippen LogP contribution in [0.15, 0.2) is 41.9 Å². The Balaban J connectivity index is 2.44. The van der Waals surface area contributed by atoms with Gasteiger partial charge in [-0.15, -0.1) is 0 Å². The molecule has 0 aliphatic heterocycles. The lowest BCUT2D eigenvalue weighted by atomic mass is 9.85. The number of rotatable bonds is 6. The van der Waals surface area contributed by atoms with Gasteiger partial charge in [0.2, 0.25) is 23.1 Å². The minimum atomic E-state index is -1.16. The fraction of sp³-hybridized carbons (Fsp3) is 0.500. The van der Waals surface area contributed by atoms with Gasteiger partial charge in [-0.3, -0.25) is 4.79 Å². The third kappa shape index (κ3) is 3.12. The van der Waals surface area contributed by atoms with E-state index in [9.17, 15) is 4.79 Å². The van der Waals surface area contributed by atoms with Crippen LogP contribution in [-0.2, 0) is 23.7 Å². The first-order chi connectivity index (χ1) is 11.0. The molecule has 1 aliphatic rings. The normalized spacial score (nSPS) is 26.1. The molecule has 0 spiro atoms. The number of Topliss-reactive ketones (excluding diaryl/α,β-unsaturated/α-hetero) is 1. The zero-order valence-electron chi connectivity index (χ0n) is 14.3. The van der Waals surface area contributed by atoms with Gasteiger partial charge in [-0.1, -0.05) is 37.3 Å². The van der Waals surface area contributed by atoms with Crippen molar-refractivity contribution in [1.29, 1.82) is 0 Å². The molecule has 2 unspecified atom stereocenters. The molecular weight excluding hydrogens is 296 g/mol. The van der Waals surface area contributed by atoms with Gasteiger partial charge in [0.25, 0.3) is 0 Å². The van der Waals surface area contributed by atoms with Crippen LogP contribution in [-0.4, -0.2) is 32.9 Å². The Morgan fingerprint density at radius 2 is 1.78 bits per heavy atom.